The highest BCUT2D eigenvalue weighted by molar-refractivity contribution is 5.83. The second-order valence-corrected chi connectivity index (χ2v) is 8.86. The summed E-state index contributed by atoms with van der Waals surface area (Å²) in [6, 6.07) is 2.41. The molecule has 3 N–H and O–H groups in total. The fraction of sp³-hybridized carbons (Fsp3) is 0.591. The molecule has 0 radical (unpaired) electrons. The standard InChI is InChI=1S/C22H28F3N5O2/c23-22(24,25)18-12-14(11-17-13-27-28-20(17)18)1-2-19(31)29-7-3-15(4-8-29)16-5-9-30(10-6-16)21(26)32/h11-13,15-16H,1-10H2,(H2,26,32)(H,27,28). The third kappa shape index (κ3) is 4.83. The van der Waals surface area contributed by atoms with Crippen molar-refractivity contribution in [2.24, 2.45) is 17.6 Å². The fourth-order valence-corrected chi connectivity index (χ4v) is 5.11. The molecule has 2 aromatic rings. The van der Waals surface area contributed by atoms with Crippen molar-refractivity contribution in [3.05, 3.63) is 29.5 Å². The lowest BCUT2D eigenvalue weighted by Gasteiger charge is -2.39. The van der Waals surface area contributed by atoms with Crippen molar-refractivity contribution in [2.75, 3.05) is 26.2 Å². The quantitative estimate of drug-likeness (QED) is 0.744. The van der Waals surface area contributed by atoms with E-state index in [2.05, 4.69) is 10.2 Å². The lowest BCUT2D eigenvalue weighted by Crippen LogP contribution is -2.45. The Balaban J connectivity index is 1.29. The largest absolute Gasteiger partial charge is 0.418 e. The van der Waals surface area contributed by atoms with Crippen LogP contribution in [-0.2, 0) is 17.4 Å². The average molecular weight is 451 g/mol. The monoisotopic (exact) mass is 451 g/mol. The Labute approximate surface area is 184 Å². The first-order chi connectivity index (χ1) is 15.2. The van der Waals surface area contributed by atoms with Gasteiger partial charge in [0.2, 0.25) is 5.91 Å². The molecule has 0 saturated carbocycles. The number of hydrogen-bond donors (Lipinski definition) is 2. The number of benzene rings is 1. The SMILES string of the molecule is NC(=O)N1CCC(C2CCN(C(=O)CCc3cc(C(F)(F)F)c4[nH]ncc4c3)CC2)CC1. The summed E-state index contributed by atoms with van der Waals surface area (Å²) in [7, 11) is 0. The number of alkyl halides is 3. The fourth-order valence-electron chi connectivity index (χ4n) is 5.11. The Kier molecular flexibility index (Phi) is 6.30. The Hall–Kier alpha value is -2.78. The molecule has 2 fully saturated rings. The second kappa shape index (κ2) is 8.99. The highest BCUT2D eigenvalue weighted by Crippen LogP contribution is 2.35. The van der Waals surface area contributed by atoms with Crippen molar-refractivity contribution in [3.8, 4) is 0 Å². The van der Waals surface area contributed by atoms with E-state index >= 15 is 0 Å². The molecular weight excluding hydrogens is 423 g/mol. The van der Waals surface area contributed by atoms with E-state index in [1.807, 2.05) is 4.90 Å². The van der Waals surface area contributed by atoms with E-state index in [-0.39, 0.29) is 30.3 Å². The molecule has 0 aliphatic carbocycles. The van der Waals surface area contributed by atoms with E-state index in [4.69, 9.17) is 5.73 Å². The van der Waals surface area contributed by atoms with Gasteiger partial charge in [0.25, 0.3) is 0 Å². The van der Waals surface area contributed by atoms with E-state index < -0.39 is 11.7 Å². The number of likely N-dealkylation sites (tertiary alicyclic amines) is 2. The summed E-state index contributed by atoms with van der Waals surface area (Å²) < 4.78 is 40.1. The molecule has 0 unspecified atom stereocenters. The molecule has 3 amide bonds. The van der Waals surface area contributed by atoms with E-state index in [0.29, 0.717) is 49.0 Å². The van der Waals surface area contributed by atoms with Gasteiger partial charge in [0.05, 0.1) is 17.3 Å². The van der Waals surface area contributed by atoms with Crippen LogP contribution in [0.4, 0.5) is 18.0 Å². The average Bonchev–Trinajstić information content (AvgIpc) is 3.25. The minimum Gasteiger partial charge on any atom is -0.351 e. The van der Waals surface area contributed by atoms with Crippen molar-refractivity contribution in [2.45, 2.75) is 44.7 Å². The van der Waals surface area contributed by atoms with Gasteiger partial charge >= 0.3 is 12.2 Å². The second-order valence-electron chi connectivity index (χ2n) is 8.86. The lowest BCUT2D eigenvalue weighted by atomic mass is 9.79. The van der Waals surface area contributed by atoms with Crippen LogP contribution >= 0.6 is 0 Å². The van der Waals surface area contributed by atoms with Crippen molar-refractivity contribution < 1.29 is 22.8 Å². The maximum atomic E-state index is 13.4. The van der Waals surface area contributed by atoms with Gasteiger partial charge in [-0.3, -0.25) is 9.89 Å². The van der Waals surface area contributed by atoms with Gasteiger partial charge in [0.15, 0.2) is 0 Å². The third-order valence-electron chi connectivity index (χ3n) is 6.95. The summed E-state index contributed by atoms with van der Waals surface area (Å²) in [5.41, 5.74) is 5.05. The van der Waals surface area contributed by atoms with Gasteiger partial charge < -0.3 is 15.5 Å². The Bertz CT molecular complexity index is 974. The normalized spacial score (nSPS) is 19.0. The molecule has 2 aliphatic heterocycles. The number of urea groups is 1. The number of hydrogen-bond acceptors (Lipinski definition) is 3. The van der Waals surface area contributed by atoms with Gasteiger partial charge in [-0.1, -0.05) is 0 Å². The summed E-state index contributed by atoms with van der Waals surface area (Å²) in [6.45, 7) is 2.74. The molecule has 3 heterocycles. The molecule has 2 aliphatic rings. The summed E-state index contributed by atoms with van der Waals surface area (Å²) in [5, 5.41) is 6.52. The number of aryl methyl sites for hydroxylation is 1. The minimum atomic E-state index is -4.49. The number of primary amides is 1. The first kappa shape index (κ1) is 22.4. The van der Waals surface area contributed by atoms with Crippen molar-refractivity contribution >= 4 is 22.8 Å². The number of piperidine rings is 2. The number of amides is 3. The molecular formula is C22H28F3N5O2. The Morgan fingerprint density at radius 2 is 1.62 bits per heavy atom. The molecule has 32 heavy (non-hydrogen) atoms. The number of fused-ring (bicyclic) bond motifs is 1. The van der Waals surface area contributed by atoms with Crippen LogP contribution in [0.5, 0.6) is 0 Å². The molecule has 1 aromatic carbocycles. The predicted molar refractivity (Wildman–Crippen MR) is 113 cm³/mol. The first-order valence-electron chi connectivity index (χ1n) is 11.1. The summed E-state index contributed by atoms with van der Waals surface area (Å²) >= 11 is 0. The van der Waals surface area contributed by atoms with Gasteiger partial charge in [-0.15, -0.1) is 0 Å². The minimum absolute atomic E-state index is 0.0205. The number of carbonyl (C=O) groups is 2. The van der Waals surface area contributed by atoms with Crippen LogP contribution < -0.4 is 5.73 Å². The van der Waals surface area contributed by atoms with Crippen LogP contribution in [0.15, 0.2) is 18.3 Å². The molecule has 10 heteroatoms. The number of nitrogens with two attached hydrogens (primary N) is 1. The number of aromatic nitrogens is 2. The van der Waals surface area contributed by atoms with Gasteiger partial charge in [-0.25, -0.2) is 4.79 Å². The van der Waals surface area contributed by atoms with E-state index in [1.165, 1.54) is 6.20 Å². The van der Waals surface area contributed by atoms with Crippen LogP contribution in [0.25, 0.3) is 10.9 Å². The van der Waals surface area contributed by atoms with E-state index in [9.17, 15) is 22.8 Å². The molecule has 2 saturated heterocycles. The number of carbonyl (C=O) groups excluding carboxylic acids is 2. The topological polar surface area (TPSA) is 95.3 Å². The van der Waals surface area contributed by atoms with Gasteiger partial charge in [-0.2, -0.15) is 18.3 Å². The molecule has 4 rings (SSSR count). The lowest BCUT2D eigenvalue weighted by molar-refractivity contribution is -0.136. The summed E-state index contributed by atoms with van der Waals surface area (Å²) in [4.78, 5) is 27.5. The number of rotatable bonds is 4. The highest BCUT2D eigenvalue weighted by Gasteiger charge is 2.34. The first-order valence-corrected chi connectivity index (χ1v) is 11.1. The zero-order valence-corrected chi connectivity index (χ0v) is 17.8. The van der Waals surface area contributed by atoms with E-state index in [0.717, 1.165) is 31.7 Å². The molecule has 174 valence electrons. The molecule has 0 bridgehead atoms. The zero-order chi connectivity index (χ0) is 22.9. The molecule has 0 atom stereocenters. The molecule has 0 spiro atoms. The van der Waals surface area contributed by atoms with Crippen LogP contribution in [-0.4, -0.2) is 58.1 Å². The van der Waals surface area contributed by atoms with Gasteiger partial charge in [0, 0.05) is 38.0 Å². The molecule has 1 aromatic heterocycles. The Morgan fingerprint density at radius 1 is 1.03 bits per heavy atom. The van der Waals surface area contributed by atoms with Gasteiger partial charge in [0.1, 0.15) is 0 Å². The maximum Gasteiger partial charge on any atom is 0.418 e. The zero-order valence-electron chi connectivity index (χ0n) is 17.8. The van der Waals surface area contributed by atoms with Crippen molar-refractivity contribution in [3.63, 3.8) is 0 Å². The number of halogens is 3. The number of nitrogens with one attached hydrogen (secondary N) is 1. The van der Waals surface area contributed by atoms with Crippen molar-refractivity contribution in [1.29, 1.82) is 0 Å². The predicted octanol–water partition coefficient (Wildman–Crippen LogP) is 3.54. The van der Waals surface area contributed by atoms with Crippen LogP contribution in [0.3, 0.4) is 0 Å². The van der Waals surface area contributed by atoms with Gasteiger partial charge in [-0.05, 0) is 61.6 Å². The van der Waals surface area contributed by atoms with Crippen LogP contribution in [0, 0.1) is 11.8 Å². The van der Waals surface area contributed by atoms with Crippen LogP contribution in [0.2, 0.25) is 0 Å². The van der Waals surface area contributed by atoms with Crippen molar-refractivity contribution in [1.82, 2.24) is 20.0 Å². The highest BCUT2D eigenvalue weighted by atomic mass is 19.4. The Morgan fingerprint density at radius 3 is 2.19 bits per heavy atom. The van der Waals surface area contributed by atoms with Crippen LogP contribution in [0.1, 0.15) is 43.2 Å². The maximum absolute atomic E-state index is 13.4. The summed E-state index contributed by atoms with van der Waals surface area (Å²) in [5.74, 6) is 1.06. The number of H-pyrrole nitrogens is 1. The van der Waals surface area contributed by atoms with E-state index in [1.54, 1.807) is 11.0 Å². The molecule has 7 nitrogen and oxygen atoms in total. The number of nitrogens with zero attached hydrogens (tertiary/aromatic N) is 3. The smallest absolute Gasteiger partial charge is 0.351 e. The summed E-state index contributed by atoms with van der Waals surface area (Å²) in [6.07, 6.45) is 1.06. The third-order valence-corrected chi connectivity index (χ3v) is 6.95. The number of aromatic amines is 1.